The van der Waals surface area contributed by atoms with Gasteiger partial charge in [-0.1, -0.05) is 48.0 Å². The standard InChI is InChI=1S/C15H22BrN3O/c1-3-19(4-2)12-11-18-15(20)17-10-9-13-7-5-6-8-14(13)16/h5-10H,3-4,11-12H2,1-2H3,(H2,17,18,20)/b10-9+. The summed E-state index contributed by atoms with van der Waals surface area (Å²) in [5.74, 6) is 0. The lowest BCUT2D eigenvalue weighted by molar-refractivity contribution is 0.240. The lowest BCUT2D eigenvalue weighted by Gasteiger charge is -2.17. The normalized spacial score (nSPS) is 11.0. The van der Waals surface area contributed by atoms with Crippen LogP contribution in [-0.4, -0.2) is 37.1 Å². The van der Waals surface area contributed by atoms with Crippen molar-refractivity contribution in [1.29, 1.82) is 0 Å². The Morgan fingerprint density at radius 2 is 2.00 bits per heavy atom. The van der Waals surface area contributed by atoms with Crippen molar-refractivity contribution in [3.63, 3.8) is 0 Å². The first-order valence-corrected chi connectivity index (χ1v) is 7.64. The first kappa shape index (κ1) is 16.7. The van der Waals surface area contributed by atoms with Gasteiger partial charge in [-0.3, -0.25) is 0 Å². The van der Waals surface area contributed by atoms with Crippen molar-refractivity contribution < 1.29 is 4.79 Å². The van der Waals surface area contributed by atoms with E-state index < -0.39 is 0 Å². The Hall–Kier alpha value is -1.33. The van der Waals surface area contributed by atoms with Crippen molar-refractivity contribution in [1.82, 2.24) is 15.5 Å². The Kier molecular flexibility index (Phi) is 7.99. The van der Waals surface area contributed by atoms with Gasteiger partial charge in [-0.05, 0) is 30.8 Å². The number of halogens is 1. The second-order valence-electron chi connectivity index (χ2n) is 4.28. The minimum Gasteiger partial charge on any atom is -0.337 e. The Morgan fingerprint density at radius 3 is 2.65 bits per heavy atom. The molecule has 0 aromatic heterocycles. The van der Waals surface area contributed by atoms with E-state index in [0.29, 0.717) is 6.54 Å². The molecule has 0 saturated heterocycles. The monoisotopic (exact) mass is 339 g/mol. The highest BCUT2D eigenvalue weighted by atomic mass is 79.9. The van der Waals surface area contributed by atoms with Gasteiger partial charge in [0.1, 0.15) is 0 Å². The first-order valence-electron chi connectivity index (χ1n) is 6.85. The predicted molar refractivity (Wildman–Crippen MR) is 87.5 cm³/mol. The lowest BCUT2D eigenvalue weighted by Crippen LogP contribution is -2.38. The highest BCUT2D eigenvalue weighted by Gasteiger charge is 2.00. The highest BCUT2D eigenvalue weighted by molar-refractivity contribution is 9.10. The number of nitrogens with zero attached hydrogens (tertiary/aromatic N) is 1. The number of benzene rings is 1. The summed E-state index contributed by atoms with van der Waals surface area (Å²) in [6, 6.07) is 7.66. The molecule has 110 valence electrons. The average Bonchev–Trinajstić information content (AvgIpc) is 2.46. The van der Waals surface area contributed by atoms with Crippen molar-refractivity contribution >= 4 is 28.0 Å². The Morgan fingerprint density at radius 1 is 1.30 bits per heavy atom. The number of amides is 2. The van der Waals surface area contributed by atoms with Gasteiger partial charge in [0.05, 0.1) is 0 Å². The van der Waals surface area contributed by atoms with Crippen molar-refractivity contribution in [3.05, 3.63) is 40.5 Å². The average molecular weight is 340 g/mol. The van der Waals surface area contributed by atoms with Crippen LogP contribution in [0.1, 0.15) is 19.4 Å². The van der Waals surface area contributed by atoms with E-state index >= 15 is 0 Å². The van der Waals surface area contributed by atoms with Crippen molar-refractivity contribution in [2.24, 2.45) is 0 Å². The summed E-state index contributed by atoms with van der Waals surface area (Å²) in [6.45, 7) is 7.75. The number of carbonyl (C=O) groups excluding carboxylic acids is 1. The maximum atomic E-state index is 11.6. The van der Waals surface area contributed by atoms with Crippen LogP contribution >= 0.6 is 15.9 Å². The zero-order valence-electron chi connectivity index (χ0n) is 12.0. The van der Waals surface area contributed by atoms with Crippen LogP contribution in [0.5, 0.6) is 0 Å². The van der Waals surface area contributed by atoms with Crippen LogP contribution in [0.25, 0.3) is 6.08 Å². The smallest absolute Gasteiger partial charge is 0.318 e. The summed E-state index contributed by atoms with van der Waals surface area (Å²) in [7, 11) is 0. The van der Waals surface area contributed by atoms with Crippen LogP contribution < -0.4 is 10.6 Å². The fourth-order valence-electron chi connectivity index (χ4n) is 1.74. The molecule has 0 saturated carbocycles. The molecule has 0 aliphatic carbocycles. The zero-order valence-corrected chi connectivity index (χ0v) is 13.6. The van der Waals surface area contributed by atoms with Gasteiger partial charge in [0.25, 0.3) is 0 Å². The first-order chi connectivity index (χ1) is 9.67. The summed E-state index contributed by atoms with van der Waals surface area (Å²) in [5.41, 5.74) is 1.02. The van der Waals surface area contributed by atoms with Gasteiger partial charge in [-0.2, -0.15) is 0 Å². The molecule has 0 aliphatic rings. The molecule has 0 aliphatic heterocycles. The minimum atomic E-state index is -0.180. The van der Waals surface area contributed by atoms with E-state index in [0.717, 1.165) is 29.7 Å². The third-order valence-electron chi connectivity index (χ3n) is 2.99. The number of nitrogens with one attached hydrogen (secondary N) is 2. The van der Waals surface area contributed by atoms with Gasteiger partial charge in [0.15, 0.2) is 0 Å². The van der Waals surface area contributed by atoms with Crippen LogP contribution in [-0.2, 0) is 0 Å². The molecule has 0 spiro atoms. The van der Waals surface area contributed by atoms with Gasteiger partial charge in [0, 0.05) is 23.8 Å². The van der Waals surface area contributed by atoms with E-state index in [1.807, 2.05) is 30.3 Å². The summed E-state index contributed by atoms with van der Waals surface area (Å²) >= 11 is 3.45. The van der Waals surface area contributed by atoms with E-state index in [-0.39, 0.29) is 6.03 Å². The van der Waals surface area contributed by atoms with Gasteiger partial charge < -0.3 is 15.5 Å². The molecule has 0 radical (unpaired) electrons. The molecule has 0 unspecified atom stereocenters. The number of urea groups is 1. The molecule has 1 rings (SSSR count). The molecule has 2 N–H and O–H groups in total. The fraction of sp³-hybridized carbons (Fsp3) is 0.400. The molecule has 0 bridgehead atoms. The molecule has 2 amide bonds. The molecule has 1 aromatic carbocycles. The molecule has 0 heterocycles. The number of hydrogen-bond acceptors (Lipinski definition) is 2. The number of carbonyl (C=O) groups is 1. The Labute approximate surface area is 129 Å². The molecule has 20 heavy (non-hydrogen) atoms. The second-order valence-corrected chi connectivity index (χ2v) is 5.14. The van der Waals surface area contributed by atoms with Crippen LogP contribution in [0.4, 0.5) is 4.79 Å². The predicted octanol–water partition coefficient (Wildman–Crippen LogP) is 3.06. The molecule has 4 nitrogen and oxygen atoms in total. The maximum Gasteiger partial charge on any atom is 0.318 e. The molecule has 1 aromatic rings. The third kappa shape index (κ3) is 6.21. The van der Waals surface area contributed by atoms with Crippen molar-refractivity contribution in [2.45, 2.75) is 13.8 Å². The van der Waals surface area contributed by atoms with Crippen molar-refractivity contribution in [3.8, 4) is 0 Å². The van der Waals surface area contributed by atoms with E-state index in [1.165, 1.54) is 0 Å². The summed E-state index contributed by atoms with van der Waals surface area (Å²) in [6.07, 6.45) is 3.50. The Balaban J connectivity index is 2.28. The Bertz CT molecular complexity index is 444. The zero-order chi connectivity index (χ0) is 14.8. The highest BCUT2D eigenvalue weighted by Crippen LogP contribution is 2.16. The lowest BCUT2D eigenvalue weighted by atomic mass is 10.2. The summed E-state index contributed by atoms with van der Waals surface area (Å²) < 4.78 is 1.000. The number of rotatable bonds is 7. The van der Waals surface area contributed by atoms with Crippen molar-refractivity contribution in [2.75, 3.05) is 26.2 Å². The molecule has 0 atom stereocenters. The van der Waals surface area contributed by atoms with E-state index in [4.69, 9.17) is 0 Å². The van der Waals surface area contributed by atoms with Crippen LogP contribution in [0.3, 0.4) is 0 Å². The van der Waals surface area contributed by atoms with Gasteiger partial charge in [0.2, 0.25) is 0 Å². The van der Waals surface area contributed by atoms with Gasteiger partial charge >= 0.3 is 6.03 Å². The summed E-state index contributed by atoms with van der Waals surface area (Å²) in [5, 5.41) is 5.53. The van der Waals surface area contributed by atoms with Crippen LogP contribution in [0.15, 0.2) is 34.9 Å². The molecular weight excluding hydrogens is 318 g/mol. The quantitative estimate of drug-likeness (QED) is 0.801. The SMILES string of the molecule is CCN(CC)CCNC(=O)N/C=C/c1ccccc1Br. The van der Waals surface area contributed by atoms with Crippen LogP contribution in [0.2, 0.25) is 0 Å². The summed E-state index contributed by atoms with van der Waals surface area (Å²) in [4.78, 5) is 13.8. The largest absolute Gasteiger partial charge is 0.337 e. The fourth-order valence-corrected chi connectivity index (χ4v) is 2.15. The van der Waals surface area contributed by atoms with Gasteiger partial charge in [-0.25, -0.2) is 4.79 Å². The molecule has 0 fully saturated rings. The maximum absolute atomic E-state index is 11.6. The topological polar surface area (TPSA) is 44.4 Å². The molecule has 5 heteroatoms. The second kappa shape index (κ2) is 9.55. The number of likely N-dealkylation sites (N-methyl/N-ethyl adjacent to an activating group) is 1. The van der Waals surface area contributed by atoms with E-state index in [2.05, 4.69) is 45.3 Å². The third-order valence-corrected chi connectivity index (χ3v) is 3.71. The number of hydrogen-bond donors (Lipinski definition) is 2. The molecular formula is C15H22BrN3O. The van der Waals surface area contributed by atoms with Crippen LogP contribution in [0, 0.1) is 0 Å². The van der Waals surface area contributed by atoms with E-state index in [9.17, 15) is 4.79 Å². The van der Waals surface area contributed by atoms with E-state index in [1.54, 1.807) is 6.20 Å². The minimum absolute atomic E-state index is 0.180. The van der Waals surface area contributed by atoms with Gasteiger partial charge in [-0.15, -0.1) is 0 Å².